The van der Waals surface area contributed by atoms with Crippen LogP contribution in [-0.4, -0.2) is 115 Å². The molecule has 0 saturated carbocycles. The molecule has 59 heavy (non-hydrogen) atoms. The molecule has 3 heterocycles. The number of carboxylic acid groups (broad SMARTS) is 1. The average Bonchev–Trinajstić information content (AvgIpc) is 3.53. The van der Waals surface area contributed by atoms with Crippen molar-refractivity contribution < 1.29 is 51.0 Å². The maximum absolute atomic E-state index is 15.6. The molecule has 2 aliphatic heterocycles. The van der Waals surface area contributed by atoms with Gasteiger partial charge in [-0.05, 0) is 96.5 Å². The fraction of sp³-hybridized carbons (Fsp3) is 0.475. The molecule has 3 aromatic rings. The minimum absolute atomic E-state index is 0.00354. The first-order chi connectivity index (χ1) is 27.4. The Morgan fingerprint density at radius 3 is 2.10 bits per heavy atom. The molecule has 0 aliphatic carbocycles. The van der Waals surface area contributed by atoms with Gasteiger partial charge in [-0.3, -0.25) is 4.79 Å². The molecule has 0 radical (unpaired) electrons. The van der Waals surface area contributed by atoms with Gasteiger partial charge in [0.15, 0.2) is 0 Å². The molecule has 15 nitrogen and oxygen atoms in total. The van der Waals surface area contributed by atoms with Crippen molar-refractivity contribution in [2.24, 2.45) is 0 Å². The van der Waals surface area contributed by atoms with E-state index >= 15 is 8.78 Å². The van der Waals surface area contributed by atoms with Crippen molar-refractivity contribution in [2.45, 2.75) is 82.4 Å². The van der Waals surface area contributed by atoms with Crippen molar-refractivity contribution in [3.8, 4) is 0 Å². The first-order valence-electron chi connectivity index (χ1n) is 19.0. The monoisotopic (exact) mass is 862 g/mol. The highest BCUT2D eigenvalue weighted by molar-refractivity contribution is 7.89. The van der Waals surface area contributed by atoms with E-state index in [2.05, 4.69) is 10.3 Å². The number of ether oxygens (including phenoxy) is 2. The van der Waals surface area contributed by atoms with E-state index in [-0.39, 0.29) is 79.6 Å². The highest BCUT2D eigenvalue weighted by atomic mass is 35.5. The standard InChI is InChI=1S/C40H49ClF2N6O9S/c1-38(2,3)57-36(53)44-16-7-17-48(37(54)58-39(4,5)6)30-24-34(50)49(25-30)29-12-14-31(15-13-29)59(55,56)47-20-18-46(19-21-47)33-23-28(22-32(41)45-33)40(42,43)27-10-8-26(9-11-27)35(51)52/h8-15,22-23,30H,7,16-21,24-25H2,1-6H3,(H,44,53)(H,51,52). The van der Waals surface area contributed by atoms with Crippen LogP contribution in [0.4, 0.5) is 29.9 Å². The van der Waals surface area contributed by atoms with E-state index in [1.165, 1.54) is 44.4 Å². The molecule has 2 aromatic carbocycles. The van der Waals surface area contributed by atoms with Gasteiger partial charge >= 0.3 is 18.2 Å². The summed E-state index contributed by atoms with van der Waals surface area (Å²) >= 11 is 6.17. The third-order valence-corrected chi connectivity index (χ3v) is 11.5. The highest BCUT2D eigenvalue weighted by Crippen LogP contribution is 2.38. The number of aromatic nitrogens is 1. The number of pyridine rings is 1. The fourth-order valence-corrected chi connectivity index (χ4v) is 8.19. The molecule has 19 heteroatoms. The van der Waals surface area contributed by atoms with Gasteiger partial charge in [-0.2, -0.15) is 13.1 Å². The minimum Gasteiger partial charge on any atom is -0.478 e. The number of piperazine rings is 1. The number of nitrogens with zero attached hydrogens (tertiary/aromatic N) is 5. The second-order valence-corrected chi connectivity index (χ2v) is 18.5. The molecular weight excluding hydrogens is 814 g/mol. The Bertz CT molecular complexity index is 2140. The average molecular weight is 863 g/mol. The molecule has 2 aliphatic rings. The number of alkyl halides is 2. The number of aromatic carboxylic acids is 1. The van der Waals surface area contributed by atoms with Gasteiger partial charge in [-0.1, -0.05) is 23.7 Å². The number of carbonyl (C=O) groups is 4. The molecule has 3 amide bonds. The summed E-state index contributed by atoms with van der Waals surface area (Å²) in [4.78, 5) is 58.7. The van der Waals surface area contributed by atoms with Crippen LogP contribution in [0.5, 0.6) is 0 Å². The SMILES string of the molecule is CC(C)(C)OC(=O)NCCCN(C(=O)OC(C)(C)C)C1CC(=O)N(c2ccc(S(=O)(=O)N3CCN(c4cc(C(F)(F)c5ccc(C(=O)O)cc5)cc(Cl)n4)CC3)cc2)C1. The second-order valence-electron chi connectivity index (χ2n) is 16.2. The summed E-state index contributed by atoms with van der Waals surface area (Å²) in [5.74, 6) is -4.92. The number of benzene rings is 2. The molecule has 2 saturated heterocycles. The van der Waals surface area contributed by atoms with Crippen LogP contribution in [0.15, 0.2) is 65.6 Å². The van der Waals surface area contributed by atoms with E-state index in [9.17, 15) is 27.6 Å². The zero-order valence-electron chi connectivity index (χ0n) is 33.7. The quantitative estimate of drug-likeness (QED) is 0.153. The lowest BCUT2D eigenvalue weighted by atomic mass is 10.00. The van der Waals surface area contributed by atoms with Gasteiger partial charge in [-0.15, -0.1) is 0 Å². The lowest BCUT2D eigenvalue weighted by Gasteiger charge is -2.35. The smallest absolute Gasteiger partial charge is 0.410 e. The van der Waals surface area contributed by atoms with E-state index in [1.54, 1.807) is 46.4 Å². The minimum atomic E-state index is -4.00. The van der Waals surface area contributed by atoms with Crippen LogP contribution in [0.25, 0.3) is 0 Å². The lowest BCUT2D eigenvalue weighted by Crippen LogP contribution is -2.49. The van der Waals surface area contributed by atoms with Crippen molar-refractivity contribution in [2.75, 3.05) is 55.6 Å². The summed E-state index contributed by atoms with van der Waals surface area (Å²) in [5.41, 5.74) is -2.06. The number of amides is 3. The number of hydrogen-bond donors (Lipinski definition) is 2. The first kappa shape index (κ1) is 45.0. The van der Waals surface area contributed by atoms with Crippen LogP contribution >= 0.6 is 11.6 Å². The van der Waals surface area contributed by atoms with Crippen molar-refractivity contribution in [3.63, 3.8) is 0 Å². The molecule has 2 fully saturated rings. The number of nitrogens with one attached hydrogen (secondary N) is 1. The summed E-state index contributed by atoms with van der Waals surface area (Å²) in [7, 11) is -4.00. The molecule has 0 spiro atoms. The van der Waals surface area contributed by atoms with Gasteiger partial charge in [0.05, 0.1) is 16.5 Å². The third kappa shape index (κ3) is 11.4. The predicted octanol–water partition coefficient (Wildman–Crippen LogP) is 6.34. The van der Waals surface area contributed by atoms with E-state index in [4.69, 9.17) is 26.2 Å². The molecule has 1 atom stereocenters. The second kappa shape index (κ2) is 17.6. The van der Waals surface area contributed by atoms with E-state index in [0.717, 1.165) is 30.3 Å². The van der Waals surface area contributed by atoms with E-state index < -0.39 is 62.5 Å². The number of carboxylic acids is 1. The Hall–Kier alpha value is -5.07. The molecule has 1 unspecified atom stereocenters. The van der Waals surface area contributed by atoms with Crippen molar-refractivity contribution in [1.29, 1.82) is 0 Å². The fourth-order valence-electron chi connectivity index (χ4n) is 6.56. The Morgan fingerprint density at radius 1 is 0.915 bits per heavy atom. The number of halogens is 3. The van der Waals surface area contributed by atoms with E-state index in [1.807, 2.05) is 0 Å². The largest absolute Gasteiger partial charge is 0.478 e. The predicted molar refractivity (Wildman–Crippen MR) is 216 cm³/mol. The van der Waals surface area contributed by atoms with Crippen molar-refractivity contribution >= 4 is 57.2 Å². The van der Waals surface area contributed by atoms with Crippen LogP contribution in [0.2, 0.25) is 5.15 Å². The molecule has 5 rings (SSSR count). The van der Waals surface area contributed by atoms with Gasteiger partial charge in [0.25, 0.3) is 5.92 Å². The molecule has 2 N–H and O–H groups in total. The van der Waals surface area contributed by atoms with Gasteiger partial charge in [0.2, 0.25) is 15.9 Å². The van der Waals surface area contributed by atoms with Crippen LogP contribution in [-0.2, 0) is 30.2 Å². The summed E-state index contributed by atoms with van der Waals surface area (Å²) in [5, 5.41) is 11.6. The summed E-state index contributed by atoms with van der Waals surface area (Å²) in [6, 6.07) is 11.8. The van der Waals surface area contributed by atoms with Crippen LogP contribution < -0.4 is 15.1 Å². The Morgan fingerprint density at radius 2 is 1.53 bits per heavy atom. The highest BCUT2D eigenvalue weighted by Gasteiger charge is 2.39. The molecule has 0 bridgehead atoms. The molecule has 1 aromatic heterocycles. The zero-order valence-corrected chi connectivity index (χ0v) is 35.3. The van der Waals surface area contributed by atoms with Crippen LogP contribution in [0, 0.1) is 0 Å². The number of carbonyl (C=O) groups excluding carboxylic acids is 3. The number of sulfonamides is 1. The number of alkyl carbamates (subject to hydrolysis) is 1. The number of anilines is 2. The summed E-state index contributed by atoms with van der Waals surface area (Å²) < 4.78 is 70.7. The van der Waals surface area contributed by atoms with Gasteiger partial charge in [-0.25, -0.2) is 27.8 Å². The van der Waals surface area contributed by atoms with E-state index in [0.29, 0.717) is 12.1 Å². The Balaban J connectivity index is 1.22. The zero-order chi connectivity index (χ0) is 43.5. The number of rotatable bonds is 12. The lowest BCUT2D eigenvalue weighted by molar-refractivity contribution is -0.117. The Labute approximate surface area is 347 Å². The van der Waals surface area contributed by atoms with Gasteiger partial charge in [0.1, 0.15) is 22.2 Å². The normalized spacial score (nSPS) is 16.8. The van der Waals surface area contributed by atoms with Gasteiger partial charge in [0, 0.05) is 69.0 Å². The third-order valence-electron chi connectivity index (χ3n) is 9.40. The first-order valence-corrected chi connectivity index (χ1v) is 20.8. The molecular formula is C40H49ClF2N6O9S. The van der Waals surface area contributed by atoms with Crippen molar-refractivity contribution in [3.05, 3.63) is 82.5 Å². The summed E-state index contributed by atoms with van der Waals surface area (Å²) in [6.07, 6.45) is -0.825. The maximum Gasteiger partial charge on any atom is 0.410 e. The van der Waals surface area contributed by atoms with Gasteiger partial charge < -0.3 is 34.6 Å². The van der Waals surface area contributed by atoms with Crippen LogP contribution in [0.3, 0.4) is 0 Å². The summed E-state index contributed by atoms with van der Waals surface area (Å²) in [6.45, 7) is 11.3. The number of hydrogen-bond acceptors (Lipinski definition) is 10. The Kier molecular flexibility index (Phi) is 13.5. The maximum atomic E-state index is 15.6. The molecule has 320 valence electrons. The van der Waals surface area contributed by atoms with Crippen LogP contribution in [0.1, 0.15) is 75.9 Å². The topological polar surface area (TPSA) is 179 Å². The van der Waals surface area contributed by atoms with Crippen molar-refractivity contribution in [1.82, 2.24) is 19.5 Å².